The van der Waals surface area contributed by atoms with Crippen LogP contribution in [0.1, 0.15) is 52.5 Å². The third kappa shape index (κ3) is 3.99. The standard InChI is InChI=1S/C24H23N3O4/c1-14(2)23-19(12-26-27(23)21-7-5-6-8-25-21)24(29)30-13-17-11-22(28)31-20-10-16(4)15(3)9-18(17)20/h5-12,14H,13H2,1-4H3. The molecule has 4 aromatic rings. The largest absolute Gasteiger partial charge is 0.457 e. The summed E-state index contributed by atoms with van der Waals surface area (Å²) in [5, 5.41) is 5.11. The van der Waals surface area contributed by atoms with E-state index in [4.69, 9.17) is 9.15 Å². The number of nitrogens with zero attached hydrogens (tertiary/aromatic N) is 3. The van der Waals surface area contributed by atoms with Gasteiger partial charge in [-0.05, 0) is 55.2 Å². The molecule has 0 radical (unpaired) electrons. The molecule has 0 spiro atoms. The monoisotopic (exact) mass is 417 g/mol. The number of aromatic nitrogens is 3. The lowest BCUT2D eigenvalue weighted by Gasteiger charge is -2.12. The van der Waals surface area contributed by atoms with Crippen LogP contribution in [0.3, 0.4) is 0 Å². The fourth-order valence-corrected chi connectivity index (χ4v) is 3.56. The summed E-state index contributed by atoms with van der Waals surface area (Å²) in [7, 11) is 0. The minimum absolute atomic E-state index is 0.0160. The van der Waals surface area contributed by atoms with Gasteiger partial charge in [0, 0.05) is 23.2 Å². The molecule has 0 N–H and O–H groups in total. The minimum Gasteiger partial charge on any atom is -0.457 e. The Morgan fingerprint density at radius 1 is 1.16 bits per heavy atom. The molecule has 0 atom stereocenters. The summed E-state index contributed by atoms with van der Waals surface area (Å²) in [6.07, 6.45) is 3.17. The van der Waals surface area contributed by atoms with Gasteiger partial charge in [-0.3, -0.25) is 0 Å². The molecule has 3 heterocycles. The number of carbonyl (C=O) groups is 1. The van der Waals surface area contributed by atoms with E-state index in [1.807, 2.05) is 58.0 Å². The van der Waals surface area contributed by atoms with Crippen LogP contribution in [0.2, 0.25) is 0 Å². The van der Waals surface area contributed by atoms with Crippen LogP contribution in [0.5, 0.6) is 0 Å². The number of ether oxygens (including phenoxy) is 1. The zero-order valence-corrected chi connectivity index (χ0v) is 17.9. The van der Waals surface area contributed by atoms with E-state index < -0.39 is 11.6 Å². The zero-order valence-electron chi connectivity index (χ0n) is 17.9. The van der Waals surface area contributed by atoms with E-state index in [2.05, 4.69) is 10.1 Å². The van der Waals surface area contributed by atoms with E-state index >= 15 is 0 Å². The average molecular weight is 417 g/mol. The second-order valence-corrected chi connectivity index (χ2v) is 7.80. The summed E-state index contributed by atoms with van der Waals surface area (Å²) in [4.78, 5) is 29.2. The molecule has 0 bridgehead atoms. The van der Waals surface area contributed by atoms with Crippen molar-refractivity contribution in [2.45, 2.75) is 40.2 Å². The molecule has 31 heavy (non-hydrogen) atoms. The Hall–Kier alpha value is -3.74. The van der Waals surface area contributed by atoms with Gasteiger partial charge in [0.15, 0.2) is 5.82 Å². The van der Waals surface area contributed by atoms with Gasteiger partial charge in [0.05, 0.1) is 11.9 Å². The Kier molecular flexibility index (Phi) is 5.42. The quantitative estimate of drug-likeness (QED) is 0.352. The van der Waals surface area contributed by atoms with E-state index in [1.165, 1.54) is 12.3 Å². The van der Waals surface area contributed by atoms with Gasteiger partial charge in [0.25, 0.3) is 0 Å². The summed E-state index contributed by atoms with van der Waals surface area (Å²) in [5.74, 6) is 0.140. The van der Waals surface area contributed by atoms with Crippen molar-refractivity contribution in [1.29, 1.82) is 0 Å². The van der Waals surface area contributed by atoms with Crippen LogP contribution in [-0.2, 0) is 11.3 Å². The van der Waals surface area contributed by atoms with Crippen molar-refractivity contribution in [3.05, 3.63) is 87.2 Å². The molecule has 0 unspecified atom stereocenters. The van der Waals surface area contributed by atoms with Gasteiger partial charge >= 0.3 is 11.6 Å². The molecular formula is C24H23N3O4. The van der Waals surface area contributed by atoms with Crippen molar-refractivity contribution >= 4 is 16.9 Å². The van der Waals surface area contributed by atoms with Crippen LogP contribution in [0.4, 0.5) is 0 Å². The number of benzene rings is 1. The lowest BCUT2D eigenvalue weighted by atomic mass is 10.0. The average Bonchev–Trinajstić information content (AvgIpc) is 3.19. The highest BCUT2D eigenvalue weighted by Gasteiger charge is 2.23. The first-order chi connectivity index (χ1) is 14.8. The van der Waals surface area contributed by atoms with Gasteiger partial charge in [-0.1, -0.05) is 19.9 Å². The molecule has 0 aliphatic carbocycles. The molecule has 158 valence electrons. The highest BCUT2D eigenvalue weighted by atomic mass is 16.5. The number of carbonyl (C=O) groups excluding carboxylic acids is 1. The summed E-state index contributed by atoms with van der Waals surface area (Å²) >= 11 is 0. The predicted octanol–water partition coefficient (Wildman–Crippen LogP) is 4.47. The van der Waals surface area contributed by atoms with Crippen LogP contribution >= 0.6 is 0 Å². The van der Waals surface area contributed by atoms with E-state index in [0.717, 1.165) is 16.5 Å². The van der Waals surface area contributed by atoms with E-state index in [0.29, 0.717) is 28.2 Å². The molecule has 0 aliphatic heterocycles. The predicted molar refractivity (Wildman–Crippen MR) is 117 cm³/mol. The Bertz CT molecular complexity index is 1320. The van der Waals surface area contributed by atoms with Gasteiger partial charge in [0.1, 0.15) is 17.8 Å². The molecule has 7 nitrogen and oxygen atoms in total. The van der Waals surface area contributed by atoms with Gasteiger partial charge in [0.2, 0.25) is 0 Å². The van der Waals surface area contributed by atoms with Crippen LogP contribution in [0.25, 0.3) is 16.8 Å². The first kappa shape index (κ1) is 20.5. The van der Waals surface area contributed by atoms with Gasteiger partial charge in [-0.15, -0.1) is 0 Å². The smallest absolute Gasteiger partial charge is 0.341 e. The van der Waals surface area contributed by atoms with Crippen LogP contribution in [-0.4, -0.2) is 20.7 Å². The third-order valence-electron chi connectivity index (χ3n) is 5.24. The molecule has 0 amide bonds. The molecule has 3 aromatic heterocycles. The van der Waals surface area contributed by atoms with Crippen molar-refractivity contribution in [3.63, 3.8) is 0 Å². The molecule has 0 saturated carbocycles. The fourth-order valence-electron chi connectivity index (χ4n) is 3.56. The Balaban J connectivity index is 1.65. The SMILES string of the molecule is Cc1cc2oc(=O)cc(COC(=O)c3cnn(-c4ccccn4)c3C(C)C)c2cc1C. The minimum atomic E-state index is -0.504. The second-order valence-electron chi connectivity index (χ2n) is 7.80. The number of esters is 1. The van der Waals surface area contributed by atoms with E-state index in [9.17, 15) is 9.59 Å². The maximum absolute atomic E-state index is 12.9. The first-order valence-corrected chi connectivity index (χ1v) is 10.1. The lowest BCUT2D eigenvalue weighted by Crippen LogP contribution is -2.12. The number of fused-ring (bicyclic) bond motifs is 1. The number of hydrogen-bond donors (Lipinski definition) is 0. The van der Waals surface area contributed by atoms with Crippen molar-refractivity contribution in [2.75, 3.05) is 0 Å². The van der Waals surface area contributed by atoms with Gasteiger partial charge in [-0.2, -0.15) is 5.10 Å². The van der Waals surface area contributed by atoms with Gasteiger partial charge in [-0.25, -0.2) is 19.3 Å². The van der Waals surface area contributed by atoms with Gasteiger partial charge < -0.3 is 9.15 Å². The Morgan fingerprint density at radius 3 is 2.65 bits per heavy atom. The topological polar surface area (TPSA) is 87.2 Å². The summed E-state index contributed by atoms with van der Waals surface area (Å²) < 4.78 is 12.6. The number of aryl methyl sites for hydroxylation is 2. The fraction of sp³-hybridized carbons (Fsp3) is 0.250. The number of rotatable bonds is 5. The van der Waals surface area contributed by atoms with E-state index in [1.54, 1.807) is 10.9 Å². The van der Waals surface area contributed by atoms with Crippen molar-refractivity contribution < 1.29 is 13.9 Å². The zero-order chi connectivity index (χ0) is 22.1. The summed E-state index contributed by atoms with van der Waals surface area (Å²) in [6.45, 7) is 7.85. The maximum Gasteiger partial charge on any atom is 0.341 e. The summed E-state index contributed by atoms with van der Waals surface area (Å²) in [5.41, 5.74) is 3.78. The molecule has 4 rings (SSSR count). The molecule has 7 heteroatoms. The second kappa shape index (κ2) is 8.18. The molecule has 0 saturated heterocycles. The maximum atomic E-state index is 12.9. The van der Waals surface area contributed by atoms with Crippen molar-refractivity contribution in [1.82, 2.24) is 14.8 Å². The van der Waals surface area contributed by atoms with Crippen LogP contribution < -0.4 is 5.63 Å². The molecule has 0 fully saturated rings. The number of pyridine rings is 1. The highest BCUT2D eigenvalue weighted by molar-refractivity contribution is 5.91. The molecular weight excluding hydrogens is 394 g/mol. The Morgan fingerprint density at radius 2 is 1.94 bits per heavy atom. The normalized spacial score (nSPS) is 11.3. The first-order valence-electron chi connectivity index (χ1n) is 10.1. The molecule has 1 aromatic carbocycles. The van der Waals surface area contributed by atoms with Crippen molar-refractivity contribution in [3.8, 4) is 5.82 Å². The summed E-state index contributed by atoms with van der Waals surface area (Å²) in [6, 6.07) is 10.6. The highest BCUT2D eigenvalue weighted by Crippen LogP contribution is 2.25. The molecule has 0 aliphatic rings. The third-order valence-corrected chi connectivity index (χ3v) is 5.24. The lowest BCUT2D eigenvalue weighted by molar-refractivity contribution is 0.0472. The van der Waals surface area contributed by atoms with Crippen LogP contribution in [0.15, 0.2) is 58.0 Å². The van der Waals surface area contributed by atoms with E-state index in [-0.39, 0.29) is 12.5 Å². The number of hydrogen-bond acceptors (Lipinski definition) is 6. The van der Waals surface area contributed by atoms with Crippen molar-refractivity contribution in [2.24, 2.45) is 0 Å². The Labute approximate surface area is 179 Å². The van der Waals surface area contributed by atoms with Crippen LogP contribution in [0, 0.1) is 13.8 Å².